The Kier molecular flexibility index (Phi) is 25.2. The van der Waals surface area contributed by atoms with Gasteiger partial charge >= 0.3 is 0 Å². The topological polar surface area (TPSA) is 23.9 Å². The lowest BCUT2D eigenvalue weighted by Crippen LogP contribution is -1.75. The Morgan fingerprint density at radius 2 is 1.50 bits per heavy atom. The molecule has 0 rings (SSSR count). The molecule has 0 unspecified atom stereocenters. The molecule has 0 radical (unpaired) electrons. The van der Waals surface area contributed by atoms with Crippen molar-refractivity contribution in [2.45, 2.75) is 48.0 Å². The lowest BCUT2D eigenvalue weighted by molar-refractivity contribution is 1.09. The number of hydrogen-bond donors (Lipinski definition) is 1. The summed E-state index contributed by atoms with van der Waals surface area (Å²) in [6.45, 7) is 15.5. The van der Waals surface area contributed by atoms with Gasteiger partial charge < -0.3 is 0 Å². The number of hydrogen-bond acceptors (Lipinski definition) is 2. The molecule has 1 N–H and O–H groups in total. The van der Waals surface area contributed by atoms with E-state index in [0.29, 0.717) is 5.04 Å². The van der Waals surface area contributed by atoms with Gasteiger partial charge in [-0.2, -0.15) is 0 Å². The van der Waals surface area contributed by atoms with Crippen LogP contribution in [0.15, 0.2) is 11.5 Å². The van der Waals surface area contributed by atoms with Crippen LogP contribution in [0.2, 0.25) is 0 Å². The highest BCUT2D eigenvalue weighted by Gasteiger charge is 1.85. The van der Waals surface area contributed by atoms with Crippen molar-refractivity contribution in [3.05, 3.63) is 11.5 Å². The summed E-state index contributed by atoms with van der Waals surface area (Å²) in [6.07, 6.45) is 1.25. The highest BCUT2D eigenvalue weighted by atomic mass is 32.2. The van der Waals surface area contributed by atoms with Gasteiger partial charge in [-0.3, -0.25) is 5.41 Å². The number of nitrogens with one attached hydrogen (secondary N) is 1. The Labute approximate surface area is 82.2 Å². The molecule has 0 aromatic heterocycles. The standard InChI is InChI=1S/C5H9NS.C3H8.C2H6/c1-4(2)7-5(3)6;1-3-2;1-2/h6H,1H2,2-3H3;3H2,1-2H3;1-2H3. The van der Waals surface area contributed by atoms with E-state index in [4.69, 9.17) is 5.41 Å². The van der Waals surface area contributed by atoms with Crippen LogP contribution in [0.1, 0.15) is 48.0 Å². The fourth-order valence-electron chi connectivity index (χ4n) is 0.261. The molecular formula is C10H23NS. The average molecular weight is 189 g/mol. The second-order valence-electron chi connectivity index (χ2n) is 2.07. The van der Waals surface area contributed by atoms with E-state index in [1.165, 1.54) is 18.2 Å². The van der Waals surface area contributed by atoms with Crippen molar-refractivity contribution in [2.75, 3.05) is 0 Å². The van der Waals surface area contributed by atoms with Gasteiger partial charge in [0.25, 0.3) is 0 Å². The first-order chi connectivity index (χ1) is 5.54. The van der Waals surface area contributed by atoms with Crippen LogP contribution in [0, 0.1) is 5.41 Å². The van der Waals surface area contributed by atoms with E-state index in [1.807, 2.05) is 20.8 Å². The Bertz CT molecular complexity index is 96.4. The van der Waals surface area contributed by atoms with Gasteiger partial charge in [-0.05, 0) is 18.8 Å². The summed E-state index contributed by atoms with van der Waals surface area (Å²) in [5, 5.41) is 7.53. The zero-order valence-electron chi connectivity index (χ0n) is 9.32. The second kappa shape index (κ2) is 17.0. The lowest BCUT2D eigenvalue weighted by Gasteiger charge is -1.90. The smallest absolute Gasteiger partial charge is 0.0654 e. The van der Waals surface area contributed by atoms with Gasteiger partial charge in [0.15, 0.2) is 0 Å². The maximum atomic E-state index is 6.93. The van der Waals surface area contributed by atoms with Crippen LogP contribution in [0.25, 0.3) is 0 Å². The fourth-order valence-corrected chi connectivity index (χ4v) is 0.784. The van der Waals surface area contributed by atoms with E-state index in [2.05, 4.69) is 20.4 Å². The van der Waals surface area contributed by atoms with Crippen LogP contribution in [0.4, 0.5) is 0 Å². The summed E-state index contributed by atoms with van der Waals surface area (Å²) in [5.74, 6) is 0. The quantitative estimate of drug-likeness (QED) is 0.469. The SMILES string of the molecule is C=C(C)SC(C)=N.CC.CCC. The maximum absolute atomic E-state index is 6.93. The molecule has 0 spiro atoms. The molecule has 1 nitrogen and oxygen atoms in total. The van der Waals surface area contributed by atoms with Crippen molar-refractivity contribution in [1.82, 2.24) is 0 Å². The number of thioether (sulfide) groups is 1. The minimum absolute atomic E-state index is 0.604. The normalized spacial score (nSPS) is 6.83. The van der Waals surface area contributed by atoms with Crippen LogP contribution >= 0.6 is 11.8 Å². The molecule has 0 bridgehead atoms. The molecule has 0 saturated carbocycles. The molecule has 0 aliphatic carbocycles. The van der Waals surface area contributed by atoms with Gasteiger partial charge in [-0.1, -0.05) is 52.5 Å². The molecule has 0 amide bonds. The molecule has 12 heavy (non-hydrogen) atoms. The third-order valence-corrected chi connectivity index (χ3v) is 0.982. The Hall–Kier alpha value is -0.240. The van der Waals surface area contributed by atoms with E-state index in [1.54, 1.807) is 6.92 Å². The van der Waals surface area contributed by atoms with Gasteiger partial charge in [0, 0.05) is 0 Å². The first kappa shape index (κ1) is 17.7. The zero-order chi connectivity index (χ0) is 10.6. The van der Waals surface area contributed by atoms with E-state index in [-0.39, 0.29) is 0 Å². The minimum Gasteiger partial charge on any atom is -0.298 e. The number of allylic oxidation sites excluding steroid dienone is 1. The summed E-state index contributed by atoms with van der Waals surface area (Å²) in [7, 11) is 0. The molecule has 0 atom stereocenters. The van der Waals surface area contributed by atoms with Gasteiger partial charge in [0.1, 0.15) is 0 Å². The predicted molar refractivity (Wildman–Crippen MR) is 63.1 cm³/mol. The molecule has 74 valence electrons. The molecule has 0 heterocycles. The van der Waals surface area contributed by atoms with Crippen LogP contribution in [-0.4, -0.2) is 5.04 Å². The second-order valence-corrected chi connectivity index (χ2v) is 3.58. The Balaban J connectivity index is -0.000000137. The van der Waals surface area contributed by atoms with Crippen molar-refractivity contribution in [1.29, 1.82) is 5.41 Å². The molecule has 0 fully saturated rings. The van der Waals surface area contributed by atoms with Gasteiger partial charge in [0.2, 0.25) is 0 Å². The van der Waals surface area contributed by atoms with Gasteiger partial charge in [0.05, 0.1) is 5.04 Å². The average Bonchev–Trinajstić information content (AvgIpc) is 1.90. The predicted octanol–water partition coefficient (Wildman–Crippen LogP) is 4.69. The van der Waals surface area contributed by atoms with Crippen molar-refractivity contribution < 1.29 is 0 Å². The van der Waals surface area contributed by atoms with E-state index >= 15 is 0 Å². The monoisotopic (exact) mass is 189 g/mol. The Morgan fingerprint density at radius 3 is 1.50 bits per heavy atom. The third-order valence-electron chi connectivity index (χ3n) is 0.327. The van der Waals surface area contributed by atoms with E-state index < -0.39 is 0 Å². The highest BCUT2D eigenvalue weighted by Crippen LogP contribution is 2.11. The van der Waals surface area contributed by atoms with Crippen LogP contribution < -0.4 is 0 Å². The first-order valence-corrected chi connectivity index (χ1v) is 5.24. The summed E-state index contributed by atoms with van der Waals surface area (Å²) in [6, 6.07) is 0. The van der Waals surface area contributed by atoms with E-state index in [9.17, 15) is 0 Å². The van der Waals surface area contributed by atoms with Gasteiger partial charge in [-0.15, -0.1) is 0 Å². The van der Waals surface area contributed by atoms with E-state index in [0.717, 1.165) is 4.91 Å². The third kappa shape index (κ3) is 53.0. The summed E-state index contributed by atoms with van der Waals surface area (Å²) in [5.41, 5.74) is 0. The first-order valence-electron chi connectivity index (χ1n) is 4.43. The Morgan fingerprint density at radius 1 is 1.25 bits per heavy atom. The number of rotatable bonds is 1. The maximum Gasteiger partial charge on any atom is 0.0654 e. The van der Waals surface area contributed by atoms with Crippen LogP contribution in [0.5, 0.6) is 0 Å². The molecule has 0 aliphatic rings. The van der Waals surface area contributed by atoms with Gasteiger partial charge in [-0.25, -0.2) is 0 Å². The molecule has 0 aromatic carbocycles. The highest BCUT2D eigenvalue weighted by molar-refractivity contribution is 8.17. The zero-order valence-corrected chi connectivity index (χ0v) is 10.1. The molecule has 0 aromatic rings. The molecular weight excluding hydrogens is 166 g/mol. The van der Waals surface area contributed by atoms with Crippen LogP contribution in [0.3, 0.4) is 0 Å². The fraction of sp³-hybridized carbons (Fsp3) is 0.700. The molecule has 2 heteroatoms. The van der Waals surface area contributed by atoms with Crippen LogP contribution in [-0.2, 0) is 0 Å². The van der Waals surface area contributed by atoms with Crippen molar-refractivity contribution in [3.8, 4) is 0 Å². The molecule has 0 saturated heterocycles. The van der Waals surface area contributed by atoms with Crippen molar-refractivity contribution in [2.24, 2.45) is 0 Å². The summed E-state index contributed by atoms with van der Waals surface area (Å²) >= 11 is 1.40. The largest absolute Gasteiger partial charge is 0.298 e. The summed E-state index contributed by atoms with van der Waals surface area (Å²) < 4.78 is 0. The lowest BCUT2D eigenvalue weighted by atomic mass is 10.6. The van der Waals surface area contributed by atoms with Crippen molar-refractivity contribution >= 4 is 16.8 Å². The van der Waals surface area contributed by atoms with Crippen molar-refractivity contribution in [3.63, 3.8) is 0 Å². The summed E-state index contributed by atoms with van der Waals surface area (Å²) in [4.78, 5) is 0.979. The molecule has 0 aliphatic heterocycles. The minimum atomic E-state index is 0.604.